The monoisotopic (exact) mass is 351 g/mol. The van der Waals surface area contributed by atoms with E-state index in [1.807, 2.05) is 32.0 Å². The molecule has 1 aromatic carbocycles. The number of fused-ring (bicyclic) bond motifs is 1. The maximum atomic E-state index is 12.6. The Bertz CT molecular complexity index is 948. The van der Waals surface area contributed by atoms with E-state index in [0.717, 1.165) is 16.9 Å². The third kappa shape index (κ3) is 3.72. The van der Waals surface area contributed by atoms with Crippen LogP contribution in [0.25, 0.3) is 16.9 Å². The van der Waals surface area contributed by atoms with Gasteiger partial charge in [-0.1, -0.05) is 26.0 Å². The van der Waals surface area contributed by atoms with E-state index >= 15 is 0 Å². The standard InChI is InChI=1S/C19H21N5O2/c1-12(2)9-15(18(20)25)23-19(26)14-6-3-5-13(10-14)16-11-21-17-7-4-8-22-24(16)17/h3-8,10-12,15H,9H2,1-2H3,(H2,20,25)(H,23,26)/t15-/m0/s1. The molecular weight excluding hydrogens is 330 g/mol. The summed E-state index contributed by atoms with van der Waals surface area (Å²) in [4.78, 5) is 28.5. The zero-order valence-electron chi connectivity index (χ0n) is 14.7. The number of rotatable bonds is 6. The number of amides is 2. The summed E-state index contributed by atoms with van der Waals surface area (Å²) < 4.78 is 1.71. The Labute approximate surface area is 151 Å². The predicted octanol–water partition coefficient (Wildman–Crippen LogP) is 2.03. The Morgan fingerprint density at radius 1 is 1.23 bits per heavy atom. The maximum Gasteiger partial charge on any atom is 0.251 e. The highest BCUT2D eigenvalue weighted by Crippen LogP contribution is 2.21. The molecule has 0 saturated carbocycles. The highest BCUT2D eigenvalue weighted by atomic mass is 16.2. The van der Waals surface area contributed by atoms with E-state index in [0.29, 0.717) is 12.0 Å². The molecule has 0 bridgehead atoms. The van der Waals surface area contributed by atoms with Gasteiger partial charge in [0, 0.05) is 17.3 Å². The molecule has 0 aliphatic rings. The fraction of sp³-hybridized carbons (Fsp3) is 0.263. The first-order valence-corrected chi connectivity index (χ1v) is 8.45. The molecule has 0 unspecified atom stereocenters. The zero-order chi connectivity index (χ0) is 18.7. The Kier molecular flexibility index (Phi) is 4.97. The van der Waals surface area contributed by atoms with Crippen molar-refractivity contribution in [1.82, 2.24) is 19.9 Å². The van der Waals surface area contributed by atoms with Crippen LogP contribution in [0, 0.1) is 5.92 Å². The molecule has 0 radical (unpaired) electrons. The molecule has 0 aliphatic heterocycles. The van der Waals surface area contributed by atoms with Gasteiger partial charge in [-0.05, 0) is 36.6 Å². The molecule has 0 spiro atoms. The fourth-order valence-electron chi connectivity index (χ4n) is 2.81. The minimum absolute atomic E-state index is 0.239. The molecule has 26 heavy (non-hydrogen) atoms. The second-order valence-electron chi connectivity index (χ2n) is 6.58. The zero-order valence-corrected chi connectivity index (χ0v) is 14.7. The number of nitrogens with zero attached hydrogens (tertiary/aromatic N) is 3. The molecule has 0 aliphatic carbocycles. The van der Waals surface area contributed by atoms with Crippen molar-refractivity contribution in [2.24, 2.45) is 11.7 Å². The van der Waals surface area contributed by atoms with E-state index < -0.39 is 11.9 Å². The van der Waals surface area contributed by atoms with Crippen molar-refractivity contribution >= 4 is 17.5 Å². The van der Waals surface area contributed by atoms with Gasteiger partial charge in [-0.2, -0.15) is 5.10 Å². The molecule has 134 valence electrons. The summed E-state index contributed by atoms with van der Waals surface area (Å²) in [6.45, 7) is 3.95. The van der Waals surface area contributed by atoms with Crippen molar-refractivity contribution in [3.05, 3.63) is 54.4 Å². The van der Waals surface area contributed by atoms with Gasteiger partial charge in [0.2, 0.25) is 5.91 Å². The minimum Gasteiger partial charge on any atom is -0.368 e. The smallest absolute Gasteiger partial charge is 0.251 e. The Balaban J connectivity index is 1.87. The third-order valence-corrected chi connectivity index (χ3v) is 4.05. The highest BCUT2D eigenvalue weighted by Gasteiger charge is 2.20. The van der Waals surface area contributed by atoms with Gasteiger partial charge in [0.15, 0.2) is 5.65 Å². The number of benzene rings is 1. The topological polar surface area (TPSA) is 102 Å². The molecule has 2 amide bonds. The minimum atomic E-state index is -0.691. The molecular formula is C19H21N5O2. The van der Waals surface area contributed by atoms with Crippen LogP contribution in [0.3, 0.4) is 0 Å². The number of imidazole rings is 1. The van der Waals surface area contributed by atoms with E-state index in [9.17, 15) is 9.59 Å². The summed E-state index contributed by atoms with van der Waals surface area (Å²) in [6, 6.07) is 10.1. The lowest BCUT2D eigenvalue weighted by Crippen LogP contribution is -2.45. The number of carbonyl (C=O) groups excluding carboxylic acids is 2. The number of aromatic nitrogens is 3. The lowest BCUT2D eigenvalue weighted by molar-refractivity contribution is -0.120. The van der Waals surface area contributed by atoms with Crippen LogP contribution in [-0.4, -0.2) is 32.5 Å². The summed E-state index contributed by atoms with van der Waals surface area (Å²) in [5.74, 6) is -0.629. The summed E-state index contributed by atoms with van der Waals surface area (Å²) in [5, 5.41) is 7.01. The SMILES string of the molecule is CC(C)C[C@H](NC(=O)c1cccc(-c2cnc3cccnn23)c1)C(N)=O. The van der Waals surface area contributed by atoms with Crippen LogP contribution in [0.4, 0.5) is 0 Å². The number of hydrogen-bond donors (Lipinski definition) is 2. The van der Waals surface area contributed by atoms with E-state index in [4.69, 9.17) is 5.73 Å². The number of primary amides is 1. The highest BCUT2D eigenvalue weighted by molar-refractivity contribution is 5.98. The molecule has 2 aromatic heterocycles. The van der Waals surface area contributed by atoms with Crippen molar-refractivity contribution in [3.8, 4) is 11.3 Å². The van der Waals surface area contributed by atoms with Gasteiger partial charge in [-0.3, -0.25) is 9.59 Å². The maximum absolute atomic E-state index is 12.6. The Morgan fingerprint density at radius 3 is 2.77 bits per heavy atom. The third-order valence-electron chi connectivity index (χ3n) is 4.05. The quantitative estimate of drug-likeness (QED) is 0.709. The molecule has 7 nitrogen and oxygen atoms in total. The van der Waals surface area contributed by atoms with Crippen LogP contribution in [0.2, 0.25) is 0 Å². The van der Waals surface area contributed by atoms with Crippen molar-refractivity contribution in [2.45, 2.75) is 26.3 Å². The number of nitrogens with two attached hydrogens (primary N) is 1. The van der Waals surface area contributed by atoms with E-state index in [2.05, 4.69) is 15.4 Å². The van der Waals surface area contributed by atoms with E-state index in [1.54, 1.807) is 35.1 Å². The molecule has 0 saturated heterocycles. The molecule has 0 fully saturated rings. The molecule has 3 N–H and O–H groups in total. The predicted molar refractivity (Wildman–Crippen MR) is 98.3 cm³/mol. The van der Waals surface area contributed by atoms with Gasteiger partial charge in [-0.25, -0.2) is 9.50 Å². The summed E-state index contributed by atoms with van der Waals surface area (Å²) in [5.41, 5.74) is 8.17. The second kappa shape index (κ2) is 7.35. The summed E-state index contributed by atoms with van der Waals surface area (Å²) in [7, 11) is 0. The van der Waals surface area contributed by atoms with E-state index in [-0.39, 0.29) is 11.8 Å². The van der Waals surface area contributed by atoms with E-state index in [1.165, 1.54) is 0 Å². The van der Waals surface area contributed by atoms with Gasteiger partial charge in [0.1, 0.15) is 6.04 Å². The van der Waals surface area contributed by atoms with Crippen LogP contribution in [0.1, 0.15) is 30.6 Å². The van der Waals surface area contributed by atoms with Gasteiger partial charge >= 0.3 is 0 Å². The average Bonchev–Trinajstić information content (AvgIpc) is 3.05. The van der Waals surface area contributed by atoms with Crippen LogP contribution in [0.5, 0.6) is 0 Å². The second-order valence-corrected chi connectivity index (χ2v) is 6.58. The number of hydrogen-bond acceptors (Lipinski definition) is 4. The Morgan fingerprint density at radius 2 is 2.04 bits per heavy atom. The molecule has 1 atom stereocenters. The number of nitrogens with one attached hydrogen (secondary N) is 1. The van der Waals surface area contributed by atoms with Gasteiger partial charge < -0.3 is 11.1 Å². The average molecular weight is 351 g/mol. The number of carbonyl (C=O) groups is 2. The first-order valence-electron chi connectivity index (χ1n) is 8.45. The van der Waals surface area contributed by atoms with Crippen LogP contribution in [-0.2, 0) is 4.79 Å². The van der Waals surface area contributed by atoms with Crippen molar-refractivity contribution < 1.29 is 9.59 Å². The first kappa shape index (κ1) is 17.6. The van der Waals surface area contributed by atoms with Crippen LogP contribution < -0.4 is 11.1 Å². The fourth-order valence-corrected chi connectivity index (χ4v) is 2.81. The van der Waals surface area contributed by atoms with Crippen molar-refractivity contribution in [1.29, 1.82) is 0 Å². The molecule has 7 heteroatoms. The molecule has 3 aromatic rings. The van der Waals surface area contributed by atoms with Crippen molar-refractivity contribution in [3.63, 3.8) is 0 Å². The lowest BCUT2D eigenvalue weighted by atomic mass is 10.0. The normalized spacial score (nSPS) is 12.3. The Hall–Kier alpha value is -3.22. The van der Waals surface area contributed by atoms with Crippen LogP contribution in [0.15, 0.2) is 48.8 Å². The largest absolute Gasteiger partial charge is 0.368 e. The lowest BCUT2D eigenvalue weighted by Gasteiger charge is -2.17. The first-order chi connectivity index (χ1) is 12.5. The van der Waals surface area contributed by atoms with Gasteiger partial charge in [-0.15, -0.1) is 0 Å². The summed E-state index contributed by atoms with van der Waals surface area (Å²) in [6.07, 6.45) is 3.89. The molecule has 2 heterocycles. The molecule has 3 rings (SSSR count). The van der Waals surface area contributed by atoms with Gasteiger partial charge in [0.05, 0.1) is 11.9 Å². The van der Waals surface area contributed by atoms with Crippen molar-refractivity contribution in [2.75, 3.05) is 0 Å². The van der Waals surface area contributed by atoms with Crippen LogP contribution >= 0.6 is 0 Å². The van der Waals surface area contributed by atoms with Gasteiger partial charge in [0.25, 0.3) is 5.91 Å². The summed E-state index contributed by atoms with van der Waals surface area (Å²) >= 11 is 0.